The molecule has 2 saturated heterocycles. The number of halogens is 1. The molecule has 2 aliphatic rings. The van der Waals surface area contributed by atoms with Gasteiger partial charge in [0.05, 0.1) is 13.2 Å². The molecule has 0 bridgehead atoms. The zero-order chi connectivity index (χ0) is 21.2. The van der Waals surface area contributed by atoms with E-state index in [1.165, 1.54) is 4.90 Å². The average Bonchev–Trinajstić information content (AvgIpc) is 3.24. The number of amides is 1. The van der Waals surface area contributed by atoms with E-state index in [1.807, 2.05) is 11.8 Å². The van der Waals surface area contributed by atoms with Gasteiger partial charge in [0.1, 0.15) is 6.54 Å². The summed E-state index contributed by atoms with van der Waals surface area (Å²) in [5, 5.41) is 3.51. The molecule has 9 heteroatoms. The Hall–Kier alpha value is -1.04. The second-order valence-electron chi connectivity index (χ2n) is 8.03. The highest BCUT2D eigenvalue weighted by Crippen LogP contribution is 2.25. The number of hydrogen-bond donors (Lipinski definition) is 1. The number of likely N-dealkylation sites (N-methyl/N-ethyl adjacent to an activating group) is 1. The Balaban J connectivity index is 0.00000341. The SMILES string of the molecule is CN(C)C(=O)CN=C(NCCN1CCOCC1)N1CCC(CSc2ccccc2)C1.I. The maximum atomic E-state index is 12.1. The second-order valence-corrected chi connectivity index (χ2v) is 9.13. The molecule has 7 nitrogen and oxygen atoms in total. The van der Waals surface area contributed by atoms with Crippen molar-refractivity contribution in [2.45, 2.75) is 11.3 Å². The van der Waals surface area contributed by atoms with Gasteiger partial charge in [-0.05, 0) is 24.5 Å². The summed E-state index contributed by atoms with van der Waals surface area (Å²) in [5.41, 5.74) is 0. The van der Waals surface area contributed by atoms with Crippen molar-refractivity contribution in [3.05, 3.63) is 30.3 Å². The third-order valence-corrected chi connectivity index (χ3v) is 6.74. The minimum Gasteiger partial charge on any atom is -0.379 e. The summed E-state index contributed by atoms with van der Waals surface area (Å²) in [7, 11) is 3.55. The number of likely N-dealkylation sites (tertiary alicyclic amines) is 1. The lowest BCUT2D eigenvalue weighted by molar-refractivity contribution is -0.127. The molecule has 0 aliphatic carbocycles. The zero-order valence-electron chi connectivity index (χ0n) is 18.7. The number of morpholine rings is 1. The predicted molar refractivity (Wildman–Crippen MR) is 139 cm³/mol. The largest absolute Gasteiger partial charge is 0.379 e. The molecule has 1 atom stereocenters. The monoisotopic (exact) mass is 561 g/mol. The Labute approximate surface area is 208 Å². The minimum absolute atomic E-state index is 0. The number of thioether (sulfide) groups is 1. The van der Waals surface area contributed by atoms with E-state index in [9.17, 15) is 4.79 Å². The maximum Gasteiger partial charge on any atom is 0.243 e. The summed E-state index contributed by atoms with van der Waals surface area (Å²) >= 11 is 1.92. The van der Waals surface area contributed by atoms with Crippen LogP contribution in [0.2, 0.25) is 0 Å². The van der Waals surface area contributed by atoms with Gasteiger partial charge in [0.25, 0.3) is 0 Å². The van der Waals surface area contributed by atoms with Crippen molar-refractivity contribution in [2.75, 3.05) is 78.9 Å². The number of aliphatic imine (C=N–C) groups is 1. The smallest absolute Gasteiger partial charge is 0.243 e. The topological polar surface area (TPSA) is 60.4 Å². The van der Waals surface area contributed by atoms with Gasteiger partial charge in [-0.3, -0.25) is 9.69 Å². The van der Waals surface area contributed by atoms with E-state index >= 15 is 0 Å². The van der Waals surface area contributed by atoms with Crippen molar-refractivity contribution < 1.29 is 9.53 Å². The molecule has 2 heterocycles. The molecule has 1 amide bonds. The number of rotatable bonds is 8. The Kier molecular flexibility index (Phi) is 12.0. The number of benzene rings is 1. The van der Waals surface area contributed by atoms with Gasteiger partial charge < -0.3 is 19.9 Å². The summed E-state index contributed by atoms with van der Waals surface area (Å²) in [6, 6.07) is 10.6. The van der Waals surface area contributed by atoms with Crippen molar-refractivity contribution in [3.63, 3.8) is 0 Å². The molecule has 1 N–H and O–H groups in total. The fourth-order valence-corrected chi connectivity index (χ4v) is 4.64. The third-order valence-electron chi connectivity index (χ3n) is 5.49. The van der Waals surface area contributed by atoms with Crippen LogP contribution in [0.3, 0.4) is 0 Å². The normalized spacial score (nSPS) is 19.7. The van der Waals surface area contributed by atoms with Gasteiger partial charge in [-0.25, -0.2) is 4.99 Å². The van der Waals surface area contributed by atoms with Gasteiger partial charge in [-0.15, -0.1) is 35.7 Å². The van der Waals surface area contributed by atoms with E-state index in [2.05, 4.69) is 50.4 Å². The molecule has 0 saturated carbocycles. The lowest BCUT2D eigenvalue weighted by atomic mass is 10.2. The quantitative estimate of drug-likeness (QED) is 0.227. The van der Waals surface area contributed by atoms with Crippen molar-refractivity contribution in [1.29, 1.82) is 0 Å². The first-order valence-electron chi connectivity index (χ1n) is 10.8. The first-order valence-corrected chi connectivity index (χ1v) is 11.8. The second kappa shape index (κ2) is 14.2. The number of carbonyl (C=O) groups is 1. The van der Waals surface area contributed by atoms with E-state index in [0.717, 1.165) is 70.6 Å². The number of carbonyl (C=O) groups excluding carboxylic acids is 1. The van der Waals surface area contributed by atoms with Crippen LogP contribution in [0.5, 0.6) is 0 Å². The Morgan fingerprint density at radius 1 is 1.23 bits per heavy atom. The summed E-state index contributed by atoms with van der Waals surface area (Å²) in [4.78, 5) is 24.3. The van der Waals surface area contributed by atoms with E-state index < -0.39 is 0 Å². The molecule has 174 valence electrons. The van der Waals surface area contributed by atoms with E-state index in [1.54, 1.807) is 19.0 Å². The van der Waals surface area contributed by atoms with Crippen LogP contribution in [0.15, 0.2) is 40.2 Å². The summed E-state index contributed by atoms with van der Waals surface area (Å²) in [6.45, 7) is 7.54. The molecule has 0 spiro atoms. The Morgan fingerprint density at radius 2 is 1.97 bits per heavy atom. The van der Waals surface area contributed by atoms with Crippen molar-refractivity contribution >= 4 is 47.6 Å². The number of nitrogens with one attached hydrogen (secondary N) is 1. The highest BCUT2D eigenvalue weighted by molar-refractivity contribution is 14.0. The predicted octanol–water partition coefficient (Wildman–Crippen LogP) is 2.08. The van der Waals surface area contributed by atoms with Crippen molar-refractivity contribution in [3.8, 4) is 0 Å². The molecule has 2 aliphatic heterocycles. The summed E-state index contributed by atoms with van der Waals surface area (Å²) < 4.78 is 5.42. The van der Waals surface area contributed by atoms with Crippen LogP contribution in [0, 0.1) is 5.92 Å². The van der Waals surface area contributed by atoms with Gasteiger partial charge >= 0.3 is 0 Å². The van der Waals surface area contributed by atoms with Gasteiger partial charge in [0.15, 0.2) is 5.96 Å². The van der Waals surface area contributed by atoms with Crippen LogP contribution in [-0.2, 0) is 9.53 Å². The fraction of sp³-hybridized carbons (Fsp3) is 0.636. The van der Waals surface area contributed by atoms with Crippen LogP contribution in [0.1, 0.15) is 6.42 Å². The van der Waals surface area contributed by atoms with Crippen molar-refractivity contribution in [1.82, 2.24) is 20.0 Å². The van der Waals surface area contributed by atoms with E-state index in [-0.39, 0.29) is 36.4 Å². The number of ether oxygens (including phenoxy) is 1. The molecule has 0 aromatic heterocycles. The number of guanidine groups is 1. The van der Waals surface area contributed by atoms with Gasteiger partial charge in [0, 0.05) is 64.0 Å². The minimum atomic E-state index is 0. The third kappa shape index (κ3) is 9.15. The summed E-state index contributed by atoms with van der Waals surface area (Å²) in [6.07, 6.45) is 1.16. The number of nitrogens with zero attached hydrogens (tertiary/aromatic N) is 4. The molecule has 1 aromatic carbocycles. The zero-order valence-corrected chi connectivity index (χ0v) is 21.8. The molecule has 1 unspecified atom stereocenters. The average molecular weight is 562 g/mol. The lowest BCUT2D eigenvalue weighted by Gasteiger charge is -2.28. The van der Waals surface area contributed by atoms with E-state index in [0.29, 0.717) is 5.92 Å². The highest BCUT2D eigenvalue weighted by atomic mass is 127. The van der Waals surface area contributed by atoms with Gasteiger partial charge in [-0.1, -0.05) is 18.2 Å². The number of hydrogen-bond acceptors (Lipinski definition) is 5. The lowest BCUT2D eigenvalue weighted by Crippen LogP contribution is -2.46. The molecular formula is C22H36IN5O2S. The first-order chi connectivity index (χ1) is 14.6. The molecule has 1 aromatic rings. The molecular weight excluding hydrogens is 525 g/mol. The Bertz CT molecular complexity index is 686. The highest BCUT2D eigenvalue weighted by Gasteiger charge is 2.25. The van der Waals surface area contributed by atoms with Crippen molar-refractivity contribution in [2.24, 2.45) is 10.9 Å². The Morgan fingerprint density at radius 3 is 2.68 bits per heavy atom. The summed E-state index contributed by atoms with van der Waals surface area (Å²) in [5.74, 6) is 2.63. The van der Waals surface area contributed by atoms with Crippen LogP contribution >= 0.6 is 35.7 Å². The van der Waals surface area contributed by atoms with Crippen LogP contribution in [-0.4, -0.2) is 105 Å². The standard InChI is InChI=1S/C22H35N5O2S.HI/c1-25(2)21(28)16-24-22(23-9-11-26-12-14-29-15-13-26)27-10-8-19(17-27)18-30-20-6-4-3-5-7-20;/h3-7,19H,8-18H2,1-2H3,(H,23,24);1H. The first kappa shape index (κ1) is 26.2. The van der Waals surface area contributed by atoms with Gasteiger partial charge in [0.2, 0.25) is 5.91 Å². The van der Waals surface area contributed by atoms with Crippen LogP contribution in [0.4, 0.5) is 0 Å². The van der Waals surface area contributed by atoms with Gasteiger partial charge in [-0.2, -0.15) is 0 Å². The van der Waals surface area contributed by atoms with E-state index in [4.69, 9.17) is 4.74 Å². The maximum absolute atomic E-state index is 12.1. The molecule has 3 rings (SSSR count). The molecule has 2 fully saturated rings. The van der Waals surface area contributed by atoms with Crippen LogP contribution < -0.4 is 5.32 Å². The fourth-order valence-electron chi connectivity index (χ4n) is 3.59. The molecule has 0 radical (unpaired) electrons. The molecule has 31 heavy (non-hydrogen) atoms. The van der Waals surface area contributed by atoms with Crippen LogP contribution in [0.25, 0.3) is 0 Å².